The van der Waals surface area contributed by atoms with Gasteiger partial charge in [0.15, 0.2) is 0 Å². The van der Waals surface area contributed by atoms with E-state index in [9.17, 15) is 9.90 Å². The number of amides is 1. The van der Waals surface area contributed by atoms with E-state index in [1.165, 1.54) is 5.56 Å². The largest absolute Gasteiger partial charge is 0.396 e. The maximum atomic E-state index is 12.5. The Hall–Kier alpha value is -2.14. The first-order valence-electron chi connectivity index (χ1n) is 7.65. The molecule has 1 saturated heterocycles. The molecular formula is C17H21N3O2. The third-order valence-electron chi connectivity index (χ3n) is 4.45. The Morgan fingerprint density at radius 2 is 2.18 bits per heavy atom. The summed E-state index contributed by atoms with van der Waals surface area (Å²) in [4.78, 5) is 14.3. The van der Waals surface area contributed by atoms with E-state index in [1.807, 2.05) is 23.1 Å². The first-order chi connectivity index (χ1) is 10.7. The van der Waals surface area contributed by atoms with Crippen LogP contribution in [0.4, 0.5) is 0 Å². The van der Waals surface area contributed by atoms with Crippen molar-refractivity contribution in [3.8, 4) is 0 Å². The van der Waals surface area contributed by atoms with Crippen molar-refractivity contribution in [2.45, 2.75) is 19.3 Å². The highest BCUT2D eigenvalue weighted by Crippen LogP contribution is 2.33. The molecule has 3 rings (SSSR count). The molecule has 0 aliphatic carbocycles. The molecule has 5 heteroatoms. The van der Waals surface area contributed by atoms with E-state index in [0.717, 1.165) is 25.8 Å². The lowest BCUT2D eigenvalue weighted by Gasteiger charge is -2.42. The van der Waals surface area contributed by atoms with Crippen LogP contribution in [0.5, 0.6) is 0 Å². The third kappa shape index (κ3) is 3.04. The van der Waals surface area contributed by atoms with Crippen molar-refractivity contribution in [1.82, 2.24) is 15.1 Å². The normalized spacial score (nSPS) is 21.8. The van der Waals surface area contributed by atoms with Crippen molar-refractivity contribution in [3.63, 3.8) is 0 Å². The van der Waals surface area contributed by atoms with Gasteiger partial charge in [0.25, 0.3) is 5.91 Å². The number of aliphatic hydroxyl groups is 1. The topological polar surface area (TPSA) is 69.2 Å². The summed E-state index contributed by atoms with van der Waals surface area (Å²) in [5.74, 6) is -0.0145. The minimum atomic E-state index is -0.251. The van der Waals surface area contributed by atoms with E-state index in [1.54, 1.807) is 12.4 Å². The summed E-state index contributed by atoms with van der Waals surface area (Å²) in [6, 6.07) is 10.2. The predicted molar refractivity (Wildman–Crippen MR) is 83.4 cm³/mol. The maximum absolute atomic E-state index is 12.5. The van der Waals surface area contributed by atoms with Gasteiger partial charge >= 0.3 is 0 Å². The van der Waals surface area contributed by atoms with Gasteiger partial charge in [-0.15, -0.1) is 0 Å². The number of aromatic nitrogens is 2. The fraction of sp³-hybridized carbons (Fsp3) is 0.412. The summed E-state index contributed by atoms with van der Waals surface area (Å²) >= 11 is 0. The molecule has 116 valence electrons. The Balaban J connectivity index is 1.76. The van der Waals surface area contributed by atoms with Crippen LogP contribution >= 0.6 is 0 Å². The molecule has 1 aliphatic rings. The molecule has 0 radical (unpaired) electrons. The van der Waals surface area contributed by atoms with Crippen LogP contribution in [0.15, 0.2) is 42.7 Å². The zero-order valence-corrected chi connectivity index (χ0v) is 12.5. The second-order valence-corrected chi connectivity index (χ2v) is 6.14. The molecule has 2 aromatic rings. The number of nitrogens with one attached hydrogen (secondary N) is 1. The van der Waals surface area contributed by atoms with E-state index in [0.29, 0.717) is 12.1 Å². The Morgan fingerprint density at radius 1 is 1.36 bits per heavy atom. The van der Waals surface area contributed by atoms with E-state index in [-0.39, 0.29) is 17.9 Å². The molecule has 1 unspecified atom stereocenters. The van der Waals surface area contributed by atoms with Gasteiger partial charge in [-0.1, -0.05) is 30.3 Å². The third-order valence-corrected chi connectivity index (χ3v) is 4.45. The first-order valence-corrected chi connectivity index (χ1v) is 7.65. The van der Waals surface area contributed by atoms with Gasteiger partial charge in [-0.25, -0.2) is 0 Å². The average molecular weight is 299 g/mol. The number of benzene rings is 1. The predicted octanol–water partition coefficient (Wildman–Crippen LogP) is 1.87. The number of nitrogens with zero attached hydrogens (tertiary/aromatic N) is 2. The standard InChI is InChI=1S/C17H21N3O2/c21-13-17(9-14-5-2-1-3-6-14)7-4-8-20(12-17)16(22)15-10-18-19-11-15/h1-3,5-6,10-11,21H,4,7-9,12-13H2,(H,18,19). The average Bonchev–Trinajstić information content (AvgIpc) is 3.10. The van der Waals surface area contributed by atoms with Crippen LogP contribution in [0.2, 0.25) is 0 Å². The summed E-state index contributed by atoms with van der Waals surface area (Å²) in [7, 11) is 0. The van der Waals surface area contributed by atoms with Crippen molar-refractivity contribution < 1.29 is 9.90 Å². The molecule has 1 aliphatic heterocycles. The number of likely N-dealkylation sites (tertiary alicyclic amines) is 1. The molecule has 0 spiro atoms. The molecule has 2 N–H and O–H groups in total. The van der Waals surface area contributed by atoms with E-state index < -0.39 is 0 Å². The molecule has 1 aromatic carbocycles. The number of H-pyrrole nitrogens is 1. The van der Waals surface area contributed by atoms with Gasteiger partial charge in [-0.05, 0) is 24.8 Å². The highest BCUT2D eigenvalue weighted by Gasteiger charge is 2.37. The summed E-state index contributed by atoms with van der Waals surface area (Å²) < 4.78 is 0. The number of rotatable bonds is 4. The van der Waals surface area contributed by atoms with Gasteiger partial charge in [0, 0.05) is 24.7 Å². The number of carbonyl (C=O) groups is 1. The Kier molecular flexibility index (Phi) is 4.24. The second-order valence-electron chi connectivity index (χ2n) is 6.14. The van der Waals surface area contributed by atoms with Crippen LogP contribution in [-0.4, -0.2) is 45.8 Å². The van der Waals surface area contributed by atoms with Crippen LogP contribution in [0.3, 0.4) is 0 Å². The molecule has 1 amide bonds. The fourth-order valence-corrected chi connectivity index (χ4v) is 3.29. The Labute approximate surface area is 130 Å². The molecule has 2 heterocycles. The maximum Gasteiger partial charge on any atom is 0.257 e. The zero-order valence-electron chi connectivity index (χ0n) is 12.5. The number of piperidine rings is 1. The minimum Gasteiger partial charge on any atom is -0.396 e. The van der Waals surface area contributed by atoms with Crippen LogP contribution < -0.4 is 0 Å². The smallest absolute Gasteiger partial charge is 0.257 e. The van der Waals surface area contributed by atoms with Crippen LogP contribution in [-0.2, 0) is 6.42 Å². The molecular weight excluding hydrogens is 278 g/mol. The van der Waals surface area contributed by atoms with Crippen molar-refractivity contribution in [2.75, 3.05) is 19.7 Å². The van der Waals surface area contributed by atoms with Crippen molar-refractivity contribution in [1.29, 1.82) is 0 Å². The van der Waals surface area contributed by atoms with Gasteiger partial charge in [-0.2, -0.15) is 5.10 Å². The lowest BCUT2D eigenvalue weighted by Crippen LogP contribution is -2.48. The van der Waals surface area contributed by atoms with Crippen LogP contribution in [0, 0.1) is 5.41 Å². The monoisotopic (exact) mass is 299 g/mol. The lowest BCUT2D eigenvalue weighted by molar-refractivity contribution is 0.0272. The second kappa shape index (κ2) is 6.32. The quantitative estimate of drug-likeness (QED) is 0.905. The van der Waals surface area contributed by atoms with Gasteiger partial charge in [0.2, 0.25) is 0 Å². The Morgan fingerprint density at radius 3 is 2.86 bits per heavy atom. The number of hydrogen-bond donors (Lipinski definition) is 2. The zero-order chi connectivity index (χ0) is 15.4. The lowest BCUT2D eigenvalue weighted by atomic mass is 9.75. The Bertz CT molecular complexity index is 612. The highest BCUT2D eigenvalue weighted by molar-refractivity contribution is 5.93. The van der Waals surface area contributed by atoms with Crippen molar-refractivity contribution in [2.24, 2.45) is 5.41 Å². The molecule has 1 aromatic heterocycles. The van der Waals surface area contributed by atoms with E-state index in [4.69, 9.17) is 0 Å². The molecule has 1 atom stereocenters. The first kappa shape index (κ1) is 14.8. The van der Waals surface area contributed by atoms with Gasteiger partial charge in [-0.3, -0.25) is 9.89 Å². The molecule has 5 nitrogen and oxygen atoms in total. The number of hydrogen-bond acceptors (Lipinski definition) is 3. The van der Waals surface area contributed by atoms with Gasteiger partial charge < -0.3 is 10.0 Å². The van der Waals surface area contributed by atoms with Gasteiger partial charge in [0.05, 0.1) is 18.4 Å². The summed E-state index contributed by atoms with van der Waals surface area (Å²) in [6.45, 7) is 1.42. The summed E-state index contributed by atoms with van der Waals surface area (Å²) in [6.07, 6.45) is 5.81. The minimum absolute atomic E-state index is 0.0145. The van der Waals surface area contributed by atoms with Crippen LogP contribution in [0.25, 0.3) is 0 Å². The van der Waals surface area contributed by atoms with Crippen molar-refractivity contribution >= 4 is 5.91 Å². The SMILES string of the molecule is O=C(c1cn[nH]c1)N1CCCC(CO)(Cc2ccccc2)C1. The number of carbonyl (C=O) groups excluding carboxylic acids is 1. The summed E-state index contributed by atoms with van der Waals surface area (Å²) in [5, 5.41) is 16.5. The molecule has 1 fully saturated rings. The van der Waals surface area contributed by atoms with Gasteiger partial charge in [0.1, 0.15) is 0 Å². The van der Waals surface area contributed by atoms with E-state index in [2.05, 4.69) is 22.3 Å². The molecule has 0 bridgehead atoms. The molecule has 0 saturated carbocycles. The van der Waals surface area contributed by atoms with E-state index >= 15 is 0 Å². The highest BCUT2D eigenvalue weighted by atomic mass is 16.3. The van der Waals surface area contributed by atoms with Crippen molar-refractivity contribution in [3.05, 3.63) is 53.9 Å². The number of aliphatic hydroxyl groups excluding tert-OH is 1. The summed E-state index contributed by atoms with van der Waals surface area (Å²) in [5.41, 5.74) is 1.53. The number of aromatic amines is 1. The van der Waals surface area contributed by atoms with Crippen LogP contribution in [0.1, 0.15) is 28.8 Å². The fourth-order valence-electron chi connectivity index (χ4n) is 3.29. The molecule has 22 heavy (non-hydrogen) atoms.